The standard InChI is InChI=1S/C14H22N2/c1-10-3-4-12(9-11(10)2)13-6-8-16-14(13)5-7-15/h3-4,9,13-14,16H,5-8,15H2,1-2H3. The van der Waals surface area contributed by atoms with E-state index in [4.69, 9.17) is 5.73 Å². The number of hydrogen-bond donors (Lipinski definition) is 2. The number of nitrogens with one attached hydrogen (secondary N) is 1. The number of aryl methyl sites for hydroxylation is 2. The van der Waals surface area contributed by atoms with Crippen LogP contribution in [0.1, 0.15) is 35.4 Å². The van der Waals surface area contributed by atoms with E-state index in [9.17, 15) is 0 Å². The summed E-state index contributed by atoms with van der Waals surface area (Å²) >= 11 is 0. The molecule has 1 aromatic rings. The van der Waals surface area contributed by atoms with Crippen molar-refractivity contribution in [1.82, 2.24) is 5.32 Å². The van der Waals surface area contributed by atoms with Gasteiger partial charge in [0.15, 0.2) is 0 Å². The van der Waals surface area contributed by atoms with Gasteiger partial charge in [0.25, 0.3) is 0 Å². The van der Waals surface area contributed by atoms with Crippen molar-refractivity contribution in [2.24, 2.45) is 5.73 Å². The molecule has 0 aliphatic carbocycles. The van der Waals surface area contributed by atoms with Crippen LogP contribution in [0, 0.1) is 13.8 Å². The molecule has 1 aliphatic heterocycles. The summed E-state index contributed by atoms with van der Waals surface area (Å²) < 4.78 is 0. The van der Waals surface area contributed by atoms with Gasteiger partial charge in [-0.1, -0.05) is 18.2 Å². The van der Waals surface area contributed by atoms with Crippen LogP contribution in [-0.4, -0.2) is 19.1 Å². The fraction of sp³-hybridized carbons (Fsp3) is 0.571. The molecule has 1 saturated heterocycles. The predicted molar refractivity (Wildman–Crippen MR) is 68.7 cm³/mol. The second-order valence-electron chi connectivity index (χ2n) is 4.88. The van der Waals surface area contributed by atoms with Gasteiger partial charge in [-0.05, 0) is 56.5 Å². The zero-order valence-electron chi connectivity index (χ0n) is 10.3. The van der Waals surface area contributed by atoms with E-state index in [0.29, 0.717) is 12.0 Å². The number of nitrogens with two attached hydrogens (primary N) is 1. The smallest absolute Gasteiger partial charge is 0.0148 e. The van der Waals surface area contributed by atoms with Crippen LogP contribution in [0.25, 0.3) is 0 Å². The van der Waals surface area contributed by atoms with Gasteiger partial charge in [0.05, 0.1) is 0 Å². The first-order valence-corrected chi connectivity index (χ1v) is 6.23. The Bertz CT molecular complexity index is 360. The highest BCUT2D eigenvalue weighted by Crippen LogP contribution is 2.30. The third kappa shape index (κ3) is 2.28. The average molecular weight is 218 g/mol. The Hall–Kier alpha value is -0.860. The lowest BCUT2D eigenvalue weighted by atomic mass is 9.88. The molecule has 2 nitrogen and oxygen atoms in total. The third-order valence-electron chi connectivity index (χ3n) is 3.78. The van der Waals surface area contributed by atoms with Crippen molar-refractivity contribution < 1.29 is 0 Å². The molecule has 0 saturated carbocycles. The lowest BCUT2D eigenvalue weighted by Crippen LogP contribution is -2.28. The number of rotatable bonds is 3. The SMILES string of the molecule is Cc1ccc(C2CCNC2CCN)cc1C. The number of hydrogen-bond acceptors (Lipinski definition) is 2. The minimum Gasteiger partial charge on any atom is -0.330 e. The molecule has 88 valence electrons. The molecule has 3 N–H and O–H groups in total. The van der Waals surface area contributed by atoms with Crippen LogP contribution >= 0.6 is 0 Å². The summed E-state index contributed by atoms with van der Waals surface area (Å²) in [4.78, 5) is 0. The van der Waals surface area contributed by atoms with E-state index in [0.717, 1.165) is 19.5 Å². The average Bonchev–Trinajstić information content (AvgIpc) is 2.71. The largest absolute Gasteiger partial charge is 0.330 e. The van der Waals surface area contributed by atoms with E-state index in [-0.39, 0.29) is 0 Å². The second-order valence-corrected chi connectivity index (χ2v) is 4.88. The van der Waals surface area contributed by atoms with E-state index in [1.165, 1.54) is 23.1 Å². The van der Waals surface area contributed by atoms with Crippen LogP contribution in [0.5, 0.6) is 0 Å². The predicted octanol–water partition coefficient (Wildman–Crippen LogP) is 2.10. The Morgan fingerprint density at radius 1 is 1.31 bits per heavy atom. The second kappa shape index (κ2) is 4.98. The zero-order chi connectivity index (χ0) is 11.5. The summed E-state index contributed by atoms with van der Waals surface area (Å²) in [5, 5.41) is 3.56. The minimum atomic E-state index is 0.576. The van der Waals surface area contributed by atoms with Crippen molar-refractivity contribution in [2.45, 2.75) is 38.6 Å². The molecule has 1 heterocycles. The van der Waals surface area contributed by atoms with Crippen molar-refractivity contribution in [1.29, 1.82) is 0 Å². The molecule has 1 aromatic carbocycles. The van der Waals surface area contributed by atoms with Crippen LogP contribution in [0.4, 0.5) is 0 Å². The molecule has 1 fully saturated rings. The molecule has 0 radical (unpaired) electrons. The molecule has 2 unspecified atom stereocenters. The van der Waals surface area contributed by atoms with Crippen LogP contribution in [-0.2, 0) is 0 Å². The molecule has 16 heavy (non-hydrogen) atoms. The van der Waals surface area contributed by atoms with Crippen molar-refractivity contribution in [3.8, 4) is 0 Å². The Balaban J connectivity index is 2.19. The fourth-order valence-corrected chi connectivity index (χ4v) is 2.64. The van der Waals surface area contributed by atoms with Crippen molar-refractivity contribution in [2.75, 3.05) is 13.1 Å². The summed E-state index contributed by atoms with van der Waals surface area (Å²) in [6.07, 6.45) is 2.32. The Morgan fingerprint density at radius 2 is 2.12 bits per heavy atom. The third-order valence-corrected chi connectivity index (χ3v) is 3.78. The Labute approximate surface area is 98.2 Å². The summed E-state index contributed by atoms with van der Waals surface area (Å²) in [6.45, 7) is 6.27. The molecule has 0 spiro atoms. The van der Waals surface area contributed by atoms with Crippen molar-refractivity contribution in [3.05, 3.63) is 34.9 Å². The summed E-state index contributed by atoms with van der Waals surface area (Å²) in [5.74, 6) is 0.655. The monoisotopic (exact) mass is 218 g/mol. The molecule has 0 bridgehead atoms. The van der Waals surface area contributed by atoms with E-state index >= 15 is 0 Å². The molecular weight excluding hydrogens is 196 g/mol. The molecule has 2 rings (SSSR count). The van der Waals surface area contributed by atoms with Gasteiger partial charge in [-0.2, -0.15) is 0 Å². The van der Waals surface area contributed by atoms with Gasteiger partial charge in [0.1, 0.15) is 0 Å². The van der Waals surface area contributed by atoms with Crippen LogP contribution < -0.4 is 11.1 Å². The maximum Gasteiger partial charge on any atom is 0.0148 e. The molecule has 1 aliphatic rings. The van der Waals surface area contributed by atoms with Gasteiger partial charge in [-0.3, -0.25) is 0 Å². The normalized spacial score (nSPS) is 24.9. The minimum absolute atomic E-state index is 0.576. The first-order chi connectivity index (χ1) is 7.72. The van der Waals surface area contributed by atoms with Gasteiger partial charge < -0.3 is 11.1 Å². The van der Waals surface area contributed by atoms with Crippen LogP contribution in [0.3, 0.4) is 0 Å². The van der Waals surface area contributed by atoms with Crippen molar-refractivity contribution >= 4 is 0 Å². The Kier molecular flexibility index (Phi) is 3.62. The molecule has 0 amide bonds. The Morgan fingerprint density at radius 3 is 2.81 bits per heavy atom. The molecule has 2 atom stereocenters. The highest BCUT2D eigenvalue weighted by molar-refractivity contribution is 5.33. The summed E-state index contributed by atoms with van der Waals surface area (Å²) in [5.41, 5.74) is 9.92. The van der Waals surface area contributed by atoms with Gasteiger partial charge in [-0.15, -0.1) is 0 Å². The first-order valence-electron chi connectivity index (χ1n) is 6.23. The van der Waals surface area contributed by atoms with Gasteiger partial charge >= 0.3 is 0 Å². The van der Waals surface area contributed by atoms with E-state index < -0.39 is 0 Å². The molecule has 0 aromatic heterocycles. The number of benzene rings is 1. The van der Waals surface area contributed by atoms with E-state index in [1.54, 1.807) is 0 Å². The van der Waals surface area contributed by atoms with E-state index in [1.807, 2.05) is 0 Å². The quantitative estimate of drug-likeness (QED) is 0.815. The topological polar surface area (TPSA) is 38.0 Å². The first kappa shape index (κ1) is 11.6. The lowest BCUT2D eigenvalue weighted by molar-refractivity contribution is 0.515. The van der Waals surface area contributed by atoms with Gasteiger partial charge in [0, 0.05) is 12.0 Å². The molecular formula is C14H22N2. The van der Waals surface area contributed by atoms with Crippen LogP contribution in [0.15, 0.2) is 18.2 Å². The van der Waals surface area contributed by atoms with Crippen molar-refractivity contribution in [3.63, 3.8) is 0 Å². The molecule has 2 heteroatoms. The lowest BCUT2D eigenvalue weighted by Gasteiger charge is -2.20. The highest BCUT2D eigenvalue weighted by Gasteiger charge is 2.27. The summed E-state index contributed by atoms with van der Waals surface area (Å²) in [6, 6.07) is 7.44. The van der Waals surface area contributed by atoms with E-state index in [2.05, 4.69) is 37.4 Å². The van der Waals surface area contributed by atoms with Gasteiger partial charge in [0.2, 0.25) is 0 Å². The maximum absolute atomic E-state index is 5.66. The van der Waals surface area contributed by atoms with Gasteiger partial charge in [-0.25, -0.2) is 0 Å². The highest BCUT2D eigenvalue weighted by atomic mass is 15.0. The van der Waals surface area contributed by atoms with Crippen LogP contribution in [0.2, 0.25) is 0 Å². The maximum atomic E-state index is 5.66. The fourth-order valence-electron chi connectivity index (χ4n) is 2.64. The summed E-state index contributed by atoms with van der Waals surface area (Å²) in [7, 11) is 0. The zero-order valence-corrected chi connectivity index (χ0v) is 10.3.